The van der Waals surface area contributed by atoms with E-state index in [9.17, 15) is 14.9 Å². The van der Waals surface area contributed by atoms with Gasteiger partial charge in [-0.05, 0) is 29.8 Å². The van der Waals surface area contributed by atoms with Crippen molar-refractivity contribution in [2.24, 2.45) is 0 Å². The highest BCUT2D eigenvalue weighted by molar-refractivity contribution is 5.94. The van der Waals surface area contributed by atoms with Crippen LogP contribution in [0.25, 0.3) is 0 Å². The summed E-state index contributed by atoms with van der Waals surface area (Å²) >= 11 is 0. The van der Waals surface area contributed by atoms with E-state index >= 15 is 0 Å². The van der Waals surface area contributed by atoms with Crippen LogP contribution in [0.15, 0.2) is 36.4 Å². The molecule has 2 aromatic carbocycles. The Morgan fingerprint density at radius 1 is 1.25 bits per heavy atom. The number of benzene rings is 2. The molecule has 0 fully saturated rings. The van der Waals surface area contributed by atoms with Crippen LogP contribution < -0.4 is 19.5 Å². The number of rotatable bonds is 5. The first-order valence-corrected chi connectivity index (χ1v) is 7.07. The van der Waals surface area contributed by atoms with E-state index in [0.29, 0.717) is 22.8 Å². The lowest BCUT2D eigenvalue weighted by molar-refractivity contribution is -0.384. The fourth-order valence-electron chi connectivity index (χ4n) is 2.33. The highest BCUT2D eigenvalue weighted by atomic mass is 16.7. The van der Waals surface area contributed by atoms with Crippen LogP contribution in [0, 0.1) is 10.1 Å². The molecule has 0 radical (unpaired) electrons. The minimum atomic E-state index is -0.571. The van der Waals surface area contributed by atoms with E-state index < -0.39 is 4.92 Å². The van der Waals surface area contributed by atoms with Crippen molar-refractivity contribution < 1.29 is 23.9 Å². The van der Waals surface area contributed by atoms with Crippen LogP contribution >= 0.6 is 0 Å². The molecule has 2 aromatic rings. The summed E-state index contributed by atoms with van der Waals surface area (Å²) in [6.07, 6.45) is 0.0554. The third-order valence-corrected chi connectivity index (χ3v) is 3.48. The first-order chi connectivity index (χ1) is 11.6. The van der Waals surface area contributed by atoms with Gasteiger partial charge in [-0.25, -0.2) is 0 Å². The summed E-state index contributed by atoms with van der Waals surface area (Å²) in [5.74, 6) is 1.18. The van der Waals surface area contributed by atoms with Crippen LogP contribution in [0.4, 0.5) is 11.4 Å². The number of methoxy groups -OCH3 is 1. The molecule has 0 spiro atoms. The molecule has 3 rings (SSSR count). The molecule has 0 aliphatic carbocycles. The second kappa shape index (κ2) is 6.45. The van der Waals surface area contributed by atoms with Gasteiger partial charge < -0.3 is 19.5 Å². The van der Waals surface area contributed by atoms with Gasteiger partial charge in [0.2, 0.25) is 12.7 Å². The van der Waals surface area contributed by atoms with Crippen LogP contribution in [0.3, 0.4) is 0 Å². The zero-order valence-corrected chi connectivity index (χ0v) is 12.8. The van der Waals surface area contributed by atoms with Crippen molar-refractivity contribution in [3.8, 4) is 17.2 Å². The van der Waals surface area contributed by atoms with Crippen molar-refractivity contribution in [1.29, 1.82) is 0 Å². The van der Waals surface area contributed by atoms with E-state index in [1.165, 1.54) is 19.2 Å². The summed E-state index contributed by atoms with van der Waals surface area (Å²) in [5.41, 5.74) is 0.604. The molecular formula is C16H14N2O6. The fraction of sp³-hybridized carbons (Fsp3) is 0.188. The molecule has 0 saturated heterocycles. The van der Waals surface area contributed by atoms with Gasteiger partial charge in [-0.2, -0.15) is 0 Å². The number of nitrogens with zero attached hydrogens (tertiary/aromatic N) is 1. The van der Waals surface area contributed by atoms with Crippen molar-refractivity contribution in [2.45, 2.75) is 6.42 Å². The molecule has 24 heavy (non-hydrogen) atoms. The number of carbonyl (C=O) groups is 1. The number of anilines is 1. The number of ether oxygens (including phenoxy) is 3. The number of hydrogen-bond donors (Lipinski definition) is 1. The van der Waals surface area contributed by atoms with Crippen LogP contribution in [0.1, 0.15) is 5.56 Å². The van der Waals surface area contributed by atoms with Gasteiger partial charge in [0, 0.05) is 0 Å². The highest BCUT2D eigenvalue weighted by Crippen LogP contribution is 2.33. The molecular weight excluding hydrogens is 316 g/mol. The van der Waals surface area contributed by atoms with Crippen LogP contribution in [0.5, 0.6) is 17.2 Å². The molecule has 0 atom stereocenters. The van der Waals surface area contributed by atoms with Gasteiger partial charge in [0.15, 0.2) is 11.5 Å². The predicted octanol–water partition coefficient (Wildman–Crippen LogP) is 2.51. The normalized spacial score (nSPS) is 11.9. The quantitative estimate of drug-likeness (QED) is 0.668. The summed E-state index contributed by atoms with van der Waals surface area (Å²) in [6.45, 7) is 0.156. The Hall–Kier alpha value is -3.29. The van der Waals surface area contributed by atoms with Crippen molar-refractivity contribution in [3.63, 3.8) is 0 Å². The van der Waals surface area contributed by atoms with Gasteiger partial charge in [0.1, 0.15) is 11.4 Å². The van der Waals surface area contributed by atoms with E-state index in [1.54, 1.807) is 24.3 Å². The number of nitrogens with one attached hydrogen (secondary N) is 1. The lowest BCUT2D eigenvalue weighted by Gasteiger charge is -2.08. The Kier molecular flexibility index (Phi) is 4.19. The van der Waals surface area contributed by atoms with E-state index in [2.05, 4.69) is 5.32 Å². The lowest BCUT2D eigenvalue weighted by Crippen LogP contribution is -2.15. The molecule has 1 N–H and O–H groups in total. The van der Waals surface area contributed by atoms with E-state index in [0.717, 1.165) is 0 Å². The molecule has 1 amide bonds. The van der Waals surface area contributed by atoms with Crippen molar-refractivity contribution in [3.05, 3.63) is 52.1 Å². The van der Waals surface area contributed by atoms with Crippen LogP contribution in [-0.4, -0.2) is 24.7 Å². The predicted molar refractivity (Wildman–Crippen MR) is 84.5 cm³/mol. The van der Waals surface area contributed by atoms with Gasteiger partial charge in [-0.3, -0.25) is 14.9 Å². The minimum absolute atomic E-state index is 0.0554. The summed E-state index contributed by atoms with van der Waals surface area (Å²) in [5, 5.41) is 13.7. The molecule has 1 heterocycles. The summed E-state index contributed by atoms with van der Waals surface area (Å²) in [6, 6.07) is 9.43. The number of nitro groups is 1. The monoisotopic (exact) mass is 330 g/mol. The van der Waals surface area contributed by atoms with Gasteiger partial charge in [-0.1, -0.05) is 6.07 Å². The van der Waals surface area contributed by atoms with Gasteiger partial charge in [0.25, 0.3) is 5.69 Å². The van der Waals surface area contributed by atoms with Gasteiger partial charge in [0.05, 0.1) is 24.5 Å². The van der Waals surface area contributed by atoms with E-state index in [4.69, 9.17) is 14.2 Å². The highest BCUT2D eigenvalue weighted by Gasteiger charge is 2.18. The lowest BCUT2D eigenvalue weighted by atomic mass is 10.1. The second-order valence-corrected chi connectivity index (χ2v) is 5.05. The Labute approximate surface area is 137 Å². The molecule has 0 saturated carbocycles. The van der Waals surface area contributed by atoms with Crippen molar-refractivity contribution >= 4 is 17.3 Å². The number of amides is 1. The Balaban J connectivity index is 1.74. The van der Waals surface area contributed by atoms with Crippen LogP contribution in [-0.2, 0) is 11.2 Å². The number of nitro benzene ring substituents is 1. The largest absolute Gasteiger partial charge is 0.496 e. The summed E-state index contributed by atoms with van der Waals surface area (Å²) in [4.78, 5) is 22.7. The SMILES string of the molecule is COc1ccc(NC(=O)Cc2ccc3c(c2)OCO3)c([N+](=O)[O-])c1. The zero-order valence-electron chi connectivity index (χ0n) is 12.8. The third-order valence-electron chi connectivity index (χ3n) is 3.48. The molecule has 0 unspecified atom stereocenters. The molecule has 124 valence electrons. The van der Waals surface area contributed by atoms with E-state index in [1.807, 2.05) is 0 Å². The van der Waals surface area contributed by atoms with E-state index in [-0.39, 0.29) is 30.5 Å². The molecule has 0 aromatic heterocycles. The minimum Gasteiger partial charge on any atom is -0.496 e. The first-order valence-electron chi connectivity index (χ1n) is 7.07. The average molecular weight is 330 g/mol. The summed E-state index contributed by atoms with van der Waals surface area (Å²) < 4.78 is 15.4. The third kappa shape index (κ3) is 3.22. The molecule has 0 bridgehead atoms. The zero-order chi connectivity index (χ0) is 17.1. The average Bonchev–Trinajstić information content (AvgIpc) is 3.02. The first kappa shape index (κ1) is 15.6. The summed E-state index contributed by atoms with van der Waals surface area (Å²) in [7, 11) is 1.41. The maximum Gasteiger partial charge on any atom is 0.296 e. The molecule has 8 nitrogen and oxygen atoms in total. The Bertz CT molecular complexity index is 805. The molecule has 1 aliphatic heterocycles. The molecule has 8 heteroatoms. The van der Waals surface area contributed by atoms with Crippen molar-refractivity contribution in [1.82, 2.24) is 0 Å². The maximum atomic E-state index is 12.2. The Morgan fingerprint density at radius 3 is 2.79 bits per heavy atom. The van der Waals surface area contributed by atoms with Crippen molar-refractivity contribution in [2.75, 3.05) is 19.2 Å². The Morgan fingerprint density at radius 2 is 2.04 bits per heavy atom. The van der Waals surface area contributed by atoms with Gasteiger partial charge >= 0.3 is 0 Å². The van der Waals surface area contributed by atoms with Crippen LogP contribution in [0.2, 0.25) is 0 Å². The number of hydrogen-bond acceptors (Lipinski definition) is 6. The maximum absolute atomic E-state index is 12.2. The topological polar surface area (TPSA) is 99.9 Å². The molecule has 1 aliphatic rings. The number of fused-ring (bicyclic) bond motifs is 1. The second-order valence-electron chi connectivity index (χ2n) is 5.05. The van der Waals surface area contributed by atoms with Gasteiger partial charge in [-0.15, -0.1) is 0 Å². The number of carbonyl (C=O) groups excluding carboxylic acids is 1. The smallest absolute Gasteiger partial charge is 0.296 e. The standard InChI is InChI=1S/C16H14N2O6/c1-22-11-3-4-12(13(8-11)18(20)21)17-16(19)7-10-2-5-14-15(6-10)24-9-23-14/h2-6,8H,7,9H2,1H3,(H,17,19). The fourth-order valence-corrected chi connectivity index (χ4v) is 2.33.